The molecular formula is C19H16N4O2S. The zero-order valence-electron chi connectivity index (χ0n) is 13.8. The fourth-order valence-electron chi connectivity index (χ4n) is 3.04. The summed E-state index contributed by atoms with van der Waals surface area (Å²) in [7, 11) is -3.92. The van der Waals surface area contributed by atoms with E-state index in [0.717, 1.165) is 11.1 Å². The van der Waals surface area contributed by atoms with Crippen LogP contribution in [-0.4, -0.2) is 23.0 Å². The minimum Gasteiger partial charge on any atom is -0.282 e. The van der Waals surface area contributed by atoms with Gasteiger partial charge in [0.25, 0.3) is 0 Å². The first-order valence-electron chi connectivity index (χ1n) is 8.01. The average molecular weight is 364 g/mol. The molecule has 4 aromatic rings. The van der Waals surface area contributed by atoms with Gasteiger partial charge in [0.2, 0.25) is 10.0 Å². The molecule has 6 nitrogen and oxygen atoms in total. The number of para-hydroxylation sites is 1. The van der Waals surface area contributed by atoms with Gasteiger partial charge in [-0.25, -0.2) is 23.5 Å². The minimum atomic E-state index is -3.92. The lowest BCUT2D eigenvalue weighted by molar-refractivity contribution is 0.597. The predicted octanol–water partition coefficient (Wildman–Crippen LogP) is 2.66. The van der Waals surface area contributed by atoms with E-state index in [0.29, 0.717) is 23.3 Å². The molecule has 2 aromatic carbocycles. The lowest BCUT2D eigenvalue weighted by Crippen LogP contribution is -2.16. The Labute approximate surface area is 151 Å². The number of benzene rings is 2. The molecule has 0 saturated heterocycles. The third-order valence-corrected chi connectivity index (χ3v) is 5.12. The minimum absolute atomic E-state index is 0.0517. The van der Waals surface area contributed by atoms with Crippen molar-refractivity contribution in [1.82, 2.24) is 14.5 Å². The second-order valence-corrected chi connectivity index (χ2v) is 7.46. The standard InChI is InChI=1S/C19H16N4O2S/c20-26(24,25)17-10-4-8-15(12-14-6-2-1-3-7-14)18(17)23-13-22-16-9-5-11-21-19(16)23/h1-11,13H,12H2,(H2,20,24,25). The van der Waals surface area contributed by atoms with Crippen LogP contribution >= 0.6 is 0 Å². The van der Waals surface area contributed by atoms with Crippen molar-refractivity contribution in [3.05, 3.63) is 84.3 Å². The molecular weight excluding hydrogens is 348 g/mol. The van der Waals surface area contributed by atoms with Gasteiger partial charge in [-0.1, -0.05) is 42.5 Å². The Hall–Kier alpha value is -3.03. The van der Waals surface area contributed by atoms with Gasteiger partial charge in [0.15, 0.2) is 5.65 Å². The van der Waals surface area contributed by atoms with E-state index in [9.17, 15) is 8.42 Å². The molecule has 0 unspecified atom stereocenters. The number of hydrogen-bond donors (Lipinski definition) is 1. The molecule has 2 N–H and O–H groups in total. The maximum Gasteiger partial charge on any atom is 0.240 e. The van der Waals surface area contributed by atoms with Crippen LogP contribution in [-0.2, 0) is 16.4 Å². The molecule has 0 radical (unpaired) electrons. The maximum absolute atomic E-state index is 12.2. The van der Waals surface area contributed by atoms with Gasteiger partial charge >= 0.3 is 0 Å². The second-order valence-electron chi connectivity index (χ2n) is 5.93. The highest BCUT2D eigenvalue weighted by atomic mass is 32.2. The molecule has 130 valence electrons. The van der Waals surface area contributed by atoms with Gasteiger partial charge in [-0.15, -0.1) is 0 Å². The van der Waals surface area contributed by atoms with E-state index < -0.39 is 10.0 Å². The van der Waals surface area contributed by atoms with E-state index in [1.807, 2.05) is 42.5 Å². The number of rotatable bonds is 4. The lowest BCUT2D eigenvalue weighted by atomic mass is 10.0. The highest BCUT2D eigenvalue weighted by Crippen LogP contribution is 2.28. The zero-order valence-corrected chi connectivity index (χ0v) is 14.6. The average Bonchev–Trinajstić information content (AvgIpc) is 3.05. The number of pyridine rings is 1. The van der Waals surface area contributed by atoms with Gasteiger partial charge in [-0.05, 0) is 35.7 Å². The van der Waals surface area contributed by atoms with Gasteiger partial charge < -0.3 is 0 Å². The molecule has 0 fully saturated rings. The van der Waals surface area contributed by atoms with Gasteiger partial charge in [0.05, 0.1) is 5.69 Å². The third kappa shape index (κ3) is 2.98. The van der Waals surface area contributed by atoms with Crippen LogP contribution in [0.25, 0.3) is 16.9 Å². The smallest absolute Gasteiger partial charge is 0.240 e. The van der Waals surface area contributed by atoms with Crippen LogP contribution in [0.3, 0.4) is 0 Å². The summed E-state index contributed by atoms with van der Waals surface area (Å²) < 4.78 is 26.1. The van der Waals surface area contributed by atoms with Crippen molar-refractivity contribution in [3.63, 3.8) is 0 Å². The Bertz CT molecular complexity index is 1180. The molecule has 0 aliphatic carbocycles. The molecule has 0 atom stereocenters. The molecule has 7 heteroatoms. The summed E-state index contributed by atoms with van der Waals surface area (Å²) in [6.45, 7) is 0. The first kappa shape index (κ1) is 16.4. The molecule has 26 heavy (non-hydrogen) atoms. The van der Waals surface area contributed by atoms with Crippen LogP contribution in [0.15, 0.2) is 78.1 Å². The van der Waals surface area contributed by atoms with Crippen LogP contribution in [0.5, 0.6) is 0 Å². The van der Waals surface area contributed by atoms with E-state index >= 15 is 0 Å². The Balaban J connectivity index is 1.99. The normalized spacial score (nSPS) is 11.7. The number of hydrogen-bond acceptors (Lipinski definition) is 4. The molecule has 2 aromatic heterocycles. The first-order valence-corrected chi connectivity index (χ1v) is 9.56. The SMILES string of the molecule is NS(=O)(=O)c1cccc(Cc2ccccc2)c1-n1cnc2cccnc21. The van der Waals surface area contributed by atoms with Crippen LogP contribution < -0.4 is 5.14 Å². The third-order valence-electron chi connectivity index (χ3n) is 4.17. The van der Waals surface area contributed by atoms with Gasteiger partial charge in [-0.3, -0.25) is 4.57 Å². The fraction of sp³-hybridized carbons (Fsp3) is 0.0526. The Morgan fingerprint density at radius 2 is 1.73 bits per heavy atom. The summed E-state index contributed by atoms with van der Waals surface area (Å²) >= 11 is 0. The maximum atomic E-state index is 12.2. The van der Waals surface area contributed by atoms with Crippen LogP contribution in [0, 0.1) is 0 Å². The summed E-state index contributed by atoms with van der Waals surface area (Å²) in [5.74, 6) is 0. The Morgan fingerprint density at radius 1 is 0.923 bits per heavy atom. The van der Waals surface area contributed by atoms with E-state index in [-0.39, 0.29) is 4.90 Å². The first-order chi connectivity index (χ1) is 12.5. The van der Waals surface area contributed by atoms with Crippen molar-refractivity contribution >= 4 is 21.2 Å². The topological polar surface area (TPSA) is 90.9 Å². The monoisotopic (exact) mass is 364 g/mol. The number of sulfonamides is 1. The molecule has 2 heterocycles. The van der Waals surface area contributed by atoms with Gasteiger partial charge in [0, 0.05) is 6.20 Å². The van der Waals surface area contributed by atoms with E-state index in [4.69, 9.17) is 5.14 Å². The number of primary sulfonamides is 1. The fourth-order valence-corrected chi connectivity index (χ4v) is 3.81. The Morgan fingerprint density at radius 3 is 2.50 bits per heavy atom. The number of nitrogens with two attached hydrogens (primary N) is 1. The lowest BCUT2D eigenvalue weighted by Gasteiger charge is -2.15. The number of imidazole rings is 1. The highest BCUT2D eigenvalue weighted by Gasteiger charge is 2.20. The van der Waals surface area contributed by atoms with Gasteiger partial charge in [0.1, 0.15) is 16.7 Å². The van der Waals surface area contributed by atoms with Crippen molar-refractivity contribution in [2.75, 3.05) is 0 Å². The van der Waals surface area contributed by atoms with Gasteiger partial charge in [-0.2, -0.15) is 0 Å². The predicted molar refractivity (Wildman–Crippen MR) is 99.5 cm³/mol. The van der Waals surface area contributed by atoms with Crippen molar-refractivity contribution in [2.24, 2.45) is 5.14 Å². The van der Waals surface area contributed by atoms with Crippen LogP contribution in [0.4, 0.5) is 0 Å². The number of nitrogens with zero attached hydrogens (tertiary/aromatic N) is 3. The zero-order chi connectivity index (χ0) is 18.1. The molecule has 0 aliphatic rings. The molecule has 0 saturated carbocycles. The summed E-state index contributed by atoms with van der Waals surface area (Å²) in [5, 5.41) is 5.49. The summed E-state index contributed by atoms with van der Waals surface area (Å²) in [4.78, 5) is 8.74. The molecule has 0 aliphatic heterocycles. The van der Waals surface area contributed by atoms with Crippen molar-refractivity contribution in [3.8, 4) is 5.69 Å². The van der Waals surface area contributed by atoms with Crippen LogP contribution in [0.2, 0.25) is 0 Å². The molecule has 0 spiro atoms. The van der Waals surface area contributed by atoms with E-state index in [1.165, 1.54) is 6.07 Å². The summed E-state index contributed by atoms with van der Waals surface area (Å²) in [6, 6.07) is 18.6. The van der Waals surface area contributed by atoms with Crippen molar-refractivity contribution < 1.29 is 8.42 Å². The summed E-state index contributed by atoms with van der Waals surface area (Å²) in [5.41, 5.74) is 3.64. The number of aromatic nitrogens is 3. The second kappa shape index (κ2) is 6.36. The molecule has 0 amide bonds. The molecule has 0 bridgehead atoms. The number of fused-ring (bicyclic) bond motifs is 1. The van der Waals surface area contributed by atoms with E-state index in [1.54, 1.807) is 29.2 Å². The Kier molecular flexibility index (Phi) is 4.02. The quantitative estimate of drug-likeness (QED) is 0.603. The van der Waals surface area contributed by atoms with Crippen molar-refractivity contribution in [2.45, 2.75) is 11.3 Å². The van der Waals surface area contributed by atoms with Crippen LogP contribution in [0.1, 0.15) is 11.1 Å². The molecule has 4 rings (SSSR count). The highest BCUT2D eigenvalue weighted by molar-refractivity contribution is 7.89. The van der Waals surface area contributed by atoms with Crippen molar-refractivity contribution in [1.29, 1.82) is 0 Å². The van der Waals surface area contributed by atoms with E-state index in [2.05, 4.69) is 9.97 Å². The summed E-state index contributed by atoms with van der Waals surface area (Å²) in [6.07, 6.45) is 3.79. The largest absolute Gasteiger partial charge is 0.282 e.